The summed E-state index contributed by atoms with van der Waals surface area (Å²) >= 11 is 0. The van der Waals surface area contributed by atoms with Crippen molar-refractivity contribution < 1.29 is 4.74 Å². The van der Waals surface area contributed by atoms with Crippen LogP contribution in [-0.2, 0) is 4.74 Å². The zero-order valence-corrected chi connectivity index (χ0v) is 12.6. The van der Waals surface area contributed by atoms with Crippen LogP contribution in [0.25, 0.3) is 0 Å². The van der Waals surface area contributed by atoms with Crippen LogP contribution in [0.2, 0.25) is 0 Å². The fourth-order valence-electron chi connectivity index (χ4n) is 2.23. The van der Waals surface area contributed by atoms with Gasteiger partial charge >= 0.3 is 0 Å². The molecule has 0 saturated carbocycles. The van der Waals surface area contributed by atoms with Crippen molar-refractivity contribution in [1.82, 2.24) is 10.6 Å². The quantitative estimate of drug-likeness (QED) is 0.557. The molecule has 0 aromatic heterocycles. The Bertz CT molecular complexity index is 203. The fourth-order valence-corrected chi connectivity index (χ4v) is 2.23. The smallest absolute Gasteiger partial charge is 0.0902 e. The molecule has 0 amide bonds. The third-order valence-corrected chi connectivity index (χ3v) is 3.61. The second-order valence-corrected chi connectivity index (χ2v) is 6.25. The summed E-state index contributed by atoms with van der Waals surface area (Å²) in [5.41, 5.74) is 0.110. The molecule has 1 aliphatic rings. The predicted molar refractivity (Wildman–Crippen MR) is 78.0 cm³/mol. The van der Waals surface area contributed by atoms with E-state index >= 15 is 0 Å². The number of unbranched alkanes of at least 4 members (excludes halogenated alkanes) is 3. The van der Waals surface area contributed by atoms with Crippen molar-refractivity contribution in [3.8, 4) is 0 Å². The molecular formula is C15H32N2O. The minimum Gasteiger partial charge on any atom is -0.371 e. The molecule has 1 saturated heterocycles. The molecule has 0 aromatic carbocycles. The molecule has 0 spiro atoms. The summed E-state index contributed by atoms with van der Waals surface area (Å²) in [4.78, 5) is 0. The molecule has 2 N–H and O–H groups in total. The van der Waals surface area contributed by atoms with Crippen LogP contribution in [0.5, 0.6) is 0 Å². The second-order valence-electron chi connectivity index (χ2n) is 6.25. The molecule has 1 aliphatic heterocycles. The molecule has 0 aliphatic carbocycles. The van der Waals surface area contributed by atoms with Gasteiger partial charge in [0.2, 0.25) is 0 Å². The zero-order chi connectivity index (χ0) is 13.3. The summed E-state index contributed by atoms with van der Waals surface area (Å²) in [6.07, 6.45) is 6.83. The van der Waals surface area contributed by atoms with Gasteiger partial charge in [-0.15, -0.1) is 0 Å². The highest BCUT2D eigenvalue weighted by atomic mass is 16.5. The van der Waals surface area contributed by atoms with Gasteiger partial charge in [0.1, 0.15) is 0 Å². The summed E-state index contributed by atoms with van der Waals surface area (Å²) in [6.45, 7) is 11.8. The van der Waals surface area contributed by atoms with Crippen molar-refractivity contribution in [2.75, 3.05) is 32.8 Å². The first-order valence-electron chi connectivity index (χ1n) is 7.68. The summed E-state index contributed by atoms with van der Waals surface area (Å²) < 4.78 is 5.81. The van der Waals surface area contributed by atoms with E-state index in [1.807, 2.05) is 0 Å². The molecule has 0 bridgehead atoms. The highest BCUT2D eigenvalue weighted by Gasteiger charge is 2.31. The molecule has 0 atom stereocenters. The van der Waals surface area contributed by atoms with E-state index in [2.05, 4.69) is 31.4 Å². The molecule has 3 nitrogen and oxygen atoms in total. The van der Waals surface area contributed by atoms with Gasteiger partial charge in [0.05, 0.1) is 12.2 Å². The zero-order valence-electron chi connectivity index (χ0n) is 12.6. The van der Waals surface area contributed by atoms with Gasteiger partial charge in [-0.2, -0.15) is 0 Å². The molecule has 1 rings (SSSR count). The van der Waals surface area contributed by atoms with Gasteiger partial charge in [-0.05, 0) is 25.8 Å². The molecule has 1 fully saturated rings. The first-order chi connectivity index (χ1) is 8.62. The SMILES string of the molecule is CC(C)CCCCCCNCCOC1(C)CNC1. The summed E-state index contributed by atoms with van der Waals surface area (Å²) in [6, 6.07) is 0. The topological polar surface area (TPSA) is 33.3 Å². The lowest BCUT2D eigenvalue weighted by molar-refractivity contribution is -0.0647. The van der Waals surface area contributed by atoms with Crippen LogP contribution in [0.15, 0.2) is 0 Å². The van der Waals surface area contributed by atoms with Crippen molar-refractivity contribution in [2.45, 2.75) is 58.5 Å². The number of hydrogen-bond acceptors (Lipinski definition) is 3. The standard InChI is InChI=1S/C15H32N2O/c1-14(2)8-6-4-5-7-9-16-10-11-18-15(3)12-17-13-15/h14,16-17H,4-13H2,1-3H3. The van der Waals surface area contributed by atoms with E-state index in [1.165, 1.54) is 32.1 Å². The van der Waals surface area contributed by atoms with E-state index in [-0.39, 0.29) is 5.60 Å². The van der Waals surface area contributed by atoms with Crippen LogP contribution in [0.3, 0.4) is 0 Å². The molecule has 0 radical (unpaired) electrons. The van der Waals surface area contributed by atoms with E-state index in [0.717, 1.165) is 38.7 Å². The average Bonchev–Trinajstić information content (AvgIpc) is 2.29. The lowest BCUT2D eigenvalue weighted by atomic mass is 10.0. The fraction of sp³-hybridized carbons (Fsp3) is 1.00. The lowest BCUT2D eigenvalue weighted by Crippen LogP contribution is -2.59. The first kappa shape index (κ1) is 15.9. The number of hydrogen-bond donors (Lipinski definition) is 2. The van der Waals surface area contributed by atoms with E-state index in [0.29, 0.717) is 0 Å². The molecular weight excluding hydrogens is 224 g/mol. The minimum atomic E-state index is 0.110. The van der Waals surface area contributed by atoms with E-state index in [9.17, 15) is 0 Å². The van der Waals surface area contributed by atoms with Gasteiger partial charge in [0.25, 0.3) is 0 Å². The Balaban J connectivity index is 1.73. The van der Waals surface area contributed by atoms with E-state index in [1.54, 1.807) is 0 Å². The maximum atomic E-state index is 5.81. The Hall–Kier alpha value is -0.120. The number of ether oxygens (including phenoxy) is 1. The maximum absolute atomic E-state index is 5.81. The van der Waals surface area contributed by atoms with Crippen LogP contribution in [0.4, 0.5) is 0 Å². The Morgan fingerprint density at radius 2 is 1.83 bits per heavy atom. The summed E-state index contributed by atoms with van der Waals surface area (Å²) in [5, 5.41) is 6.71. The average molecular weight is 256 g/mol. The van der Waals surface area contributed by atoms with Gasteiger partial charge in [-0.3, -0.25) is 0 Å². The Morgan fingerprint density at radius 1 is 1.11 bits per heavy atom. The predicted octanol–water partition coefficient (Wildman–Crippen LogP) is 2.56. The third kappa shape index (κ3) is 7.34. The molecule has 3 heteroatoms. The number of nitrogens with one attached hydrogen (secondary N) is 2. The Morgan fingerprint density at radius 3 is 2.44 bits per heavy atom. The van der Waals surface area contributed by atoms with Gasteiger partial charge in [0, 0.05) is 19.6 Å². The van der Waals surface area contributed by atoms with Crippen molar-refractivity contribution in [1.29, 1.82) is 0 Å². The highest BCUT2D eigenvalue weighted by molar-refractivity contribution is 4.90. The van der Waals surface area contributed by atoms with Gasteiger partial charge in [-0.25, -0.2) is 0 Å². The summed E-state index contributed by atoms with van der Waals surface area (Å²) in [5.74, 6) is 0.864. The molecule has 0 aromatic rings. The monoisotopic (exact) mass is 256 g/mol. The van der Waals surface area contributed by atoms with Crippen molar-refractivity contribution in [3.63, 3.8) is 0 Å². The maximum Gasteiger partial charge on any atom is 0.0902 e. The molecule has 108 valence electrons. The van der Waals surface area contributed by atoms with Gasteiger partial charge in [0.15, 0.2) is 0 Å². The van der Waals surface area contributed by atoms with Crippen molar-refractivity contribution >= 4 is 0 Å². The van der Waals surface area contributed by atoms with Crippen molar-refractivity contribution in [2.24, 2.45) is 5.92 Å². The summed E-state index contributed by atoms with van der Waals surface area (Å²) in [7, 11) is 0. The Kier molecular flexibility index (Phi) is 7.87. The van der Waals surface area contributed by atoms with E-state index < -0.39 is 0 Å². The first-order valence-corrected chi connectivity index (χ1v) is 7.68. The highest BCUT2D eigenvalue weighted by Crippen LogP contribution is 2.14. The van der Waals surface area contributed by atoms with E-state index in [4.69, 9.17) is 4.74 Å². The van der Waals surface area contributed by atoms with Gasteiger partial charge in [-0.1, -0.05) is 39.5 Å². The lowest BCUT2D eigenvalue weighted by Gasteiger charge is -2.39. The minimum absolute atomic E-state index is 0.110. The van der Waals surface area contributed by atoms with Crippen LogP contribution in [0, 0.1) is 5.92 Å². The molecule has 18 heavy (non-hydrogen) atoms. The molecule has 1 heterocycles. The largest absolute Gasteiger partial charge is 0.371 e. The number of rotatable bonds is 11. The van der Waals surface area contributed by atoms with Crippen LogP contribution >= 0.6 is 0 Å². The molecule has 0 unspecified atom stereocenters. The van der Waals surface area contributed by atoms with Crippen molar-refractivity contribution in [3.05, 3.63) is 0 Å². The van der Waals surface area contributed by atoms with Crippen LogP contribution in [0.1, 0.15) is 52.9 Å². The normalized spacial score (nSPS) is 18.0. The third-order valence-electron chi connectivity index (χ3n) is 3.61. The van der Waals surface area contributed by atoms with Crippen LogP contribution < -0.4 is 10.6 Å². The Labute approximate surface area is 113 Å². The van der Waals surface area contributed by atoms with Crippen LogP contribution in [-0.4, -0.2) is 38.4 Å². The van der Waals surface area contributed by atoms with Gasteiger partial charge < -0.3 is 15.4 Å². The second kappa shape index (κ2) is 8.89.